The predicted molar refractivity (Wildman–Crippen MR) is 80.7 cm³/mol. The highest BCUT2D eigenvalue weighted by atomic mass is 16.7. The van der Waals surface area contributed by atoms with Gasteiger partial charge in [-0.15, -0.1) is 0 Å². The molecule has 3 rings (SSSR count). The van der Waals surface area contributed by atoms with Crippen LogP contribution in [-0.4, -0.2) is 30.9 Å². The van der Waals surface area contributed by atoms with E-state index in [0.29, 0.717) is 25.6 Å². The molecule has 0 aromatic rings. The molecule has 4 nitrogen and oxygen atoms in total. The molecular weight excluding hydrogens is 266 g/mol. The molecule has 1 heterocycles. The van der Waals surface area contributed by atoms with Crippen LogP contribution in [0, 0.1) is 17.8 Å². The third kappa shape index (κ3) is 3.78. The number of amides is 1. The number of ether oxygens (including phenoxy) is 2. The molecule has 0 aromatic heterocycles. The number of hydrogen-bond donors (Lipinski definition) is 1. The van der Waals surface area contributed by atoms with Crippen molar-refractivity contribution in [1.29, 1.82) is 0 Å². The minimum atomic E-state index is -0.512. The van der Waals surface area contributed by atoms with Crippen molar-refractivity contribution in [3.8, 4) is 0 Å². The van der Waals surface area contributed by atoms with E-state index in [1.807, 2.05) is 13.8 Å². The zero-order chi connectivity index (χ0) is 14.9. The molecule has 21 heavy (non-hydrogen) atoms. The molecular formula is C17H29NO3. The summed E-state index contributed by atoms with van der Waals surface area (Å²) in [5, 5.41) is 3.10. The predicted octanol–water partition coefficient (Wildman–Crippen LogP) is 2.86. The summed E-state index contributed by atoms with van der Waals surface area (Å²) in [7, 11) is 0. The molecule has 0 radical (unpaired) electrons. The van der Waals surface area contributed by atoms with Crippen molar-refractivity contribution in [3.05, 3.63) is 0 Å². The molecule has 3 aliphatic rings. The maximum absolute atomic E-state index is 12.3. The first-order chi connectivity index (χ1) is 10.0. The van der Waals surface area contributed by atoms with Gasteiger partial charge in [-0.1, -0.05) is 38.5 Å². The summed E-state index contributed by atoms with van der Waals surface area (Å²) in [5.41, 5.74) is 0. The lowest BCUT2D eigenvalue weighted by atomic mass is 9.63. The van der Waals surface area contributed by atoms with Gasteiger partial charge < -0.3 is 14.8 Å². The number of nitrogens with one attached hydrogen (secondary N) is 1. The molecule has 120 valence electrons. The van der Waals surface area contributed by atoms with Crippen molar-refractivity contribution < 1.29 is 14.3 Å². The number of rotatable bonds is 5. The maximum atomic E-state index is 12.3. The number of carbonyl (C=O) groups excluding carboxylic acids is 1. The largest absolute Gasteiger partial charge is 0.349 e. The summed E-state index contributed by atoms with van der Waals surface area (Å²) >= 11 is 0. The quantitative estimate of drug-likeness (QED) is 0.848. The molecule has 1 amide bonds. The Labute approximate surface area is 127 Å². The summed E-state index contributed by atoms with van der Waals surface area (Å²) in [5.74, 6) is 1.91. The van der Waals surface area contributed by atoms with Gasteiger partial charge >= 0.3 is 0 Å². The molecule has 2 aliphatic carbocycles. The van der Waals surface area contributed by atoms with Gasteiger partial charge in [0.25, 0.3) is 0 Å². The third-order valence-corrected chi connectivity index (χ3v) is 5.56. The Morgan fingerprint density at radius 2 is 1.62 bits per heavy atom. The van der Waals surface area contributed by atoms with Crippen LogP contribution in [-0.2, 0) is 14.3 Å². The highest BCUT2D eigenvalue weighted by Crippen LogP contribution is 2.45. The highest BCUT2D eigenvalue weighted by molar-refractivity contribution is 5.76. The number of hydrogen-bond acceptors (Lipinski definition) is 3. The van der Waals surface area contributed by atoms with Crippen molar-refractivity contribution in [2.75, 3.05) is 13.2 Å². The van der Waals surface area contributed by atoms with Crippen LogP contribution in [0.25, 0.3) is 0 Å². The van der Waals surface area contributed by atoms with Gasteiger partial charge in [0.15, 0.2) is 5.79 Å². The average Bonchev–Trinajstić information content (AvgIpc) is 2.27. The van der Waals surface area contributed by atoms with Gasteiger partial charge in [0.2, 0.25) is 5.91 Å². The monoisotopic (exact) mass is 295 g/mol. The fraction of sp³-hybridized carbons (Fsp3) is 0.941. The summed E-state index contributed by atoms with van der Waals surface area (Å²) in [6, 6.07) is 0.00829. The summed E-state index contributed by atoms with van der Waals surface area (Å²) in [6.07, 6.45) is 8.74. The van der Waals surface area contributed by atoms with Crippen molar-refractivity contribution >= 4 is 5.91 Å². The molecule has 0 bridgehead atoms. The topological polar surface area (TPSA) is 47.6 Å². The van der Waals surface area contributed by atoms with Crippen LogP contribution in [0.5, 0.6) is 0 Å². The summed E-state index contributed by atoms with van der Waals surface area (Å²) in [6.45, 7) is 4.93. The Morgan fingerprint density at radius 1 is 1.10 bits per heavy atom. The van der Waals surface area contributed by atoms with E-state index < -0.39 is 5.79 Å². The molecule has 0 spiro atoms. The Morgan fingerprint density at radius 3 is 2.05 bits per heavy atom. The fourth-order valence-corrected chi connectivity index (χ4v) is 3.73. The van der Waals surface area contributed by atoms with Crippen molar-refractivity contribution in [2.45, 2.75) is 70.6 Å². The zero-order valence-electron chi connectivity index (χ0n) is 13.4. The molecule has 2 saturated carbocycles. The zero-order valence-corrected chi connectivity index (χ0v) is 13.4. The average molecular weight is 295 g/mol. The van der Waals surface area contributed by atoms with Gasteiger partial charge in [0.05, 0.1) is 19.3 Å². The third-order valence-electron chi connectivity index (χ3n) is 5.56. The van der Waals surface area contributed by atoms with E-state index in [-0.39, 0.29) is 11.9 Å². The first-order valence-corrected chi connectivity index (χ1v) is 8.61. The summed E-state index contributed by atoms with van der Waals surface area (Å²) in [4.78, 5) is 12.3. The smallest absolute Gasteiger partial charge is 0.220 e. The second-order valence-electron chi connectivity index (χ2n) is 7.54. The first kappa shape index (κ1) is 15.3. The minimum absolute atomic E-state index is 0.00829. The molecule has 3 fully saturated rings. The van der Waals surface area contributed by atoms with Crippen LogP contribution in [0.1, 0.15) is 58.8 Å². The second kappa shape index (κ2) is 6.25. The molecule has 1 aliphatic heterocycles. The standard InChI is InChI=1S/C17H29NO3/c1-17(2)20-10-14(11-21-17)18-16(19)9-15(12-5-3-6-12)13-7-4-8-13/h12-15H,3-11H2,1-2H3,(H,18,19). The molecule has 4 heteroatoms. The Kier molecular flexibility index (Phi) is 4.55. The van der Waals surface area contributed by atoms with E-state index in [9.17, 15) is 4.79 Å². The maximum Gasteiger partial charge on any atom is 0.220 e. The summed E-state index contributed by atoms with van der Waals surface area (Å²) < 4.78 is 11.2. The Bertz CT molecular complexity index is 350. The molecule has 0 aromatic carbocycles. The van der Waals surface area contributed by atoms with Crippen LogP contribution in [0.3, 0.4) is 0 Å². The minimum Gasteiger partial charge on any atom is -0.349 e. The van der Waals surface area contributed by atoms with Crippen molar-refractivity contribution in [2.24, 2.45) is 17.8 Å². The van der Waals surface area contributed by atoms with Crippen LogP contribution in [0.15, 0.2) is 0 Å². The first-order valence-electron chi connectivity index (χ1n) is 8.61. The fourth-order valence-electron chi connectivity index (χ4n) is 3.73. The van der Waals surface area contributed by atoms with Gasteiger partial charge in [0.1, 0.15) is 0 Å². The molecule has 0 unspecified atom stereocenters. The van der Waals surface area contributed by atoms with E-state index in [0.717, 1.165) is 11.8 Å². The molecule has 1 saturated heterocycles. The van der Waals surface area contributed by atoms with Gasteiger partial charge in [-0.2, -0.15) is 0 Å². The normalized spacial score (nSPS) is 27.2. The number of carbonyl (C=O) groups is 1. The van der Waals surface area contributed by atoms with Crippen molar-refractivity contribution in [3.63, 3.8) is 0 Å². The van der Waals surface area contributed by atoms with E-state index in [1.54, 1.807) is 0 Å². The van der Waals surface area contributed by atoms with Crippen molar-refractivity contribution in [1.82, 2.24) is 5.32 Å². The molecule has 1 N–H and O–H groups in total. The lowest BCUT2D eigenvalue weighted by molar-refractivity contribution is -0.252. The van der Waals surface area contributed by atoms with Crippen LogP contribution < -0.4 is 5.32 Å². The van der Waals surface area contributed by atoms with E-state index >= 15 is 0 Å². The van der Waals surface area contributed by atoms with Gasteiger partial charge in [-0.25, -0.2) is 0 Å². The lowest BCUT2D eigenvalue weighted by Crippen LogP contribution is -2.51. The van der Waals surface area contributed by atoms with Gasteiger partial charge in [-0.3, -0.25) is 4.79 Å². The Hall–Kier alpha value is -0.610. The van der Waals surface area contributed by atoms with Crippen LogP contribution in [0.2, 0.25) is 0 Å². The Balaban J connectivity index is 1.46. The SMILES string of the molecule is CC1(C)OCC(NC(=O)CC(C2CCC2)C2CCC2)CO1. The second-order valence-corrected chi connectivity index (χ2v) is 7.54. The highest BCUT2D eigenvalue weighted by Gasteiger charge is 2.37. The van der Waals surface area contributed by atoms with Gasteiger partial charge in [0, 0.05) is 6.42 Å². The lowest BCUT2D eigenvalue weighted by Gasteiger charge is -2.42. The van der Waals surface area contributed by atoms with Crippen LogP contribution in [0.4, 0.5) is 0 Å². The van der Waals surface area contributed by atoms with E-state index in [1.165, 1.54) is 38.5 Å². The molecule has 0 atom stereocenters. The van der Waals surface area contributed by atoms with E-state index in [4.69, 9.17) is 9.47 Å². The van der Waals surface area contributed by atoms with Crippen LogP contribution >= 0.6 is 0 Å². The van der Waals surface area contributed by atoms with E-state index in [2.05, 4.69) is 5.32 Å². The van der Waals surface area contributed by atoms with Gasteiger partial charge in [-0.05, 0) is 31.6 Å².